The van der Waals surface area contributed by atoms with E-state index in [0.717, 1.165) is 16.7 Å². The van der Waals surface area contributed by atoms with Crippen molar-refractivity contribution in [2.24, 2.45) is 0 Å². The number of carbonyl (C=O) groups is 1. The Kier molecular flexibility index (Phi) is 2.13. The maximum atomic E-state index is 12.3. The molecule has 3 heteroatoms. The Bertz CT molecular complexity index is 509. The van der Waals surface area contributed by atoms with E-state index in [9.17, 15) is 4.79 Å². The van der Waals surface area contributed by atoms with Crippen molar-refractivity contribution in [3.8, 4) is 0 Å². The van der Waals surface area contributed by atoms with Gasteiger partial charge in [0.1, 0.15) is 0 Å². The lowest BCUT2D eigenvalue weighted by Gasteiger charge is -2.30. The monoisotopic (exact) mass is 229 g/mol. The molecule has 1 saturated heterocycles. The zero-order chi connectivity index (χ0) is 12.0. The molecule has 17 heavy (non-hydrogen) atoms. The summed E-state index contributed by atoms with van der Waals surface area (Å²) in [4.78, 5) is 14.1. The standard InChI is InChI=1S/C14H15NO2/c1-3-6-14-12-9-10(2)4-5-11(12)13(16)15(14)7-8-17-14/h3-5,9H,1,6-8H2,2H3. The second-order valence-electron chi connectivity index (χ2n) is 4.63. The summed E-state index contributed by atoms with van der Waals surface area (Å²) in [5.74, 6) is 0.0827. The first-order chi connectivity index (χ1) is 8.19. The highest BCUT2D eigenvalue weighted by Gasteiger charge is 2.52. The van der Waals surface area contributed by atoms with Gasteiger partial charge in [-0.15, -0.1) is 6.58 Å². The van der Waals surface area contributed by atoms with Crippen LogP contribution in [-0.4, -0.2) is 24.0 Å². The summed E-state index contributed by atoms with van der Waals surface area (Å²) >= 11 is 0. The SMILES string of the molecule is C=CCC12OCCN1C(=O)c1ccc(C)cc12. The van der Waals surface area contributed by atoms with Crippen molar-refractivity contribution in [2.75, 3.05) is 13.2 Å². The minimum absolute atomic E-state index is 0.0827. The van der Waals surface area contributed by atoms with Crippen molar-refractivity contribution in [2.45, 2.75) is 19.1 Å². The molecule has 0 aliphatic carbocycles. The molecule has 88 valence electrons. The van der Waals surface area contributed by atoms with Crippen LogP contribution in [0.5, 0.6) is 0 Å². The van der Waals surface area contributed by atoms with Crippen molar-refractivity contribution >= 4 is 5.91 Å². The third kappa shape index (κ3) is 1.23. The van der Waals surface area contributed by atoms with Crippen molar-refractivity contribution in [1.82, 2.24) is 4.90 Å². The number of hydrogen-bond donors (Lipinski definition) is 0. The van der Waals surface area contributed by atoms with Crippen LogP contribution in [0.25, 0.3) is 0 Å². The largest absolute Gasteiger partial charge is 0.349 e. The minimum Gasteiger partial charge on any atom is -0.349 e. The Hall–Kier alpha value is -1.61. The molecule has 3 rings (SSSR count). The molecule has 1 aromatic rings. The van der Waals surface area contributed by atoms with E-state index in [0.29, 0.717) is 19.6 Å². The predicted octanol–water partition coefficient (Wildman–Crippen LogP) is 2.21. The van der Waals surface area contributed by atoms with Gasteiger partial charge in [-0.1, -0.05) is 23.8 Å². The highest BCUT2D eigenvalue weighted by atomic mass is 16.5. The smallest absolute Gasteiger partial charge is 0.256 e. The number of benzene rings is 1. The van der Waals surface area contributed by atoms with Crippen LogP contribution in [0.3, 0.4) is 0 Å². The van der Waals surface area contributed by atoms with Gasteiger partial charge < -0.3 is 9.64 Å². The van der Waals surface area contributed by atoms with Crippen molar-refractivity contribution in [3.05, 3.63) is 47.5 Å². The van der Waals surface area contributed by atoms with Gasteiger partial charge >= 0.3 is 0 Å². The molecule has 1 aromatic carbocycles. The molecule has 0 radical (unpaired) electrons. The lowest BCUT2D eigenvalue weighted by Crippen LogP contribution is -2.39. The Morgan fingerprint density at radius 2 is 2.41 bits per heavy atom. The number of hydrogen-bond acceptors (Lipinski definition) is 2. The Balaban J connectivity index is 2.22. The first-order valence-electron chi connectivity index (χ1n) is 5.87. The fourth-order valence-corrected chi connectivity index (χ4v) is 2.84. The van der Waals surface area contributed by atoms with E-state index in [1.807, 2.05) is 30.0 Å². The molecule has 0 N–H and O–H groups in total. The van der Waals surface area contributed by atoms with Crippen LogP contribution >= 0.6 is 0 Å². The van der Waals surface area contributed by atoms with E-state index in [-0.39, 0.29) is 5.91 Å². The van der Waals surface area contributed by atoms with Gasteiger partial charge in [-0.25, -0.2) is 0 Å². The zero-order valence-electron chi connectivity index (χ0n) is 9.90. The van der Waals surface area contributed by atoms with Crippen LogP contribution in [-0.2, 0) is 10.5 Å². The van der Waals surface area contributed by atoms with Gasteiger partial charge in [0.05, 0.1) is 6.61 Å². The molecule has 0 aromatic heterocycles. The van der Waals surface area contributed by atoms with E-state index in [4.69, 9.17) is 4.74 Å². The van der Waals surface area contributed by atoms with Crippen LogP contribution in [0, 0.1) is 6.92 Å². The quantitative estimate of drug-likeness (QED) is 0.728. The number of nitrogens with zero attached hydrogens (tertiary/aromatic N) is 1. The summed E-state index contributed by atoms with van der Waals surface area (Å²) in [7, 11) is 0. The normalized spacial score (nSPS) is 25.9. The zero-order valence-corrected chi connectivity index (χ0v) is 9.90. The Morgan fingerprint density at radius 3 is 3.18 bits per heavy atom. The van der Waals surface area contributed by atoms with Gasteiger partial charge in [0.2, 0.25) is 0 Å². The molecule has 3 nitrogen and oxygen atoms in total. The second-order valence-corrected chi connectivity index (χ2v) is 4.63. The average Bonchev–Trinajstić information content (AvgIpc) is 2.80. The van der Waals surface area contributed by atoms with Gasteiger partial charge in [-0.05, 0) is 13.0 Å². The number of amides is 1. The fourth-order valence-electron chi connectivity index (χ4n) is 2.84. The van der Waals surface area contributed by atoms with Gasteiger partial charge in [-0.3, -0.25) is 4.79 Å². The molecule has 0 saturated carbocycles. The first-order valence-corrected chi connectivity index (χ1v) is 5.87. The molecule has 0 spiro atoms. The maximum Gasteiger partial charge on any atom is 0.256 e. The van der Waals surface area contributed by atoms with Crippen LogP contribution in [0.15, 0.2) is 30.9 Å². The molecule has 1 unspecified atom stereocenters. The number of aryl methyl sites for hydroxylation is 1. The second kappa shape index (κ2) is 3.44. The van der Waals surface area contributed by atoms with Gasteiger partial charge in [-0.2, -0.15) is 0 Å². The Morgan fingerprint density at radius 1 is 1.59 bits per heavy atom. The van der Waals surface area contributed by atoms with Crippen LogP contribution < -0.4 is 0 Å². The van der Waals surface area contributed by atoms with Crippen molar-refractivity contribution in [3.63, 3.8) is 0 Å². The summed E-state index contributed by atoms with van der Waals surface area (Å²) in [6.45, 7) is 7.08. The molecular weight excluding hydrogens is 214 g/mol. The van der Waals surface area contributed by atoms with E-state index < -0.39 is 5.72 Å². The fraction of sp³-hybridized carbons (Fsp3) is 0.357. The average molecular weight is 229 g/mol. The number of fused-ring (bicyclic) bond motifs is 3. The molecule has 2 heterocycles. The summed E-state index contributed by atoms with van der Waals surface area (Å²) in [5.41, 5.74) is 2.34. The highest BCUT2D eigenvalue weighted by molar-refractivity contribution is 6.00. The maximum absolute atomic E-state index is 12.3. The predicted molar refractivity (Wildman–Crippen MR) is 64.7 cm³/mol. The summed E-state index contributed by atoms with van der Waals surface area (Å²) in [6, 6.07) is 5.93. The molecule has 2 aliphatic heterocycles. The number of carbonyl (C=O) groups excluding carboxylic acids is 1. The molecule has 1 amide bonds. The van der Waals surface area contributed by atoms with Gasteiger partial charge in [0, 0.05) is 24.1 Å². The first kappa shape index (κ1) is 10.5. The molecule has 1 atom stereocenters. The van der Waals surface area contributed by atoms with Gasteiger partial charge in [0.25, 0.3) is 5.91 Å². The third-order valence-corrected chi connectivity index (χ3v) is 3.58. The molecule has 0 bridgehead atoms. The summed E-state index contributed by atoms with van der Waals surface area (Å²) < 4.78 is 5.89. The lowest BCUT2D eigenvalue weighted by molar-refractivity contribution is -0.0626. The molecule has 1 fully saturated rings. The van der Waals surface area contributed by atoms with E-state index in [2.05, 4.69) is 12.6 Å². The number of rotatable bonds is 2. The topological polar surface area (TPSA) is 29.5 Å². The van der Waals surface area contributed by atoms with Crippen LogP contribution in [0.1, 0.15) is 27.9 Å². The highest BCUT2D eigenvalue weighted by Crippen LogP contribution is 2.45. The summed E-state index contributed by atoms with van der Waals surface area (Å²) in [5, 5.41) is 0. The Labute approximate surface area is 101 Å². The molecule has 2 aliphatic rings. The van der Waals surface area contributed by atoms with E-state index in [1.165, 1.54) is 0 Å². The minimum atomic E-state index is -0.583. The lowest BCUT2D eigenvalue weighted by atomic mass is 9.96. The molecular formula is C14H15NO2. The summed E-state index contributed by atoms with van der Waals surface area (Å²) in [6.07, 6.45) is 2.47. The number of ether oxygens (including phenoxy) is 1. The van der Waals surface area contributed by atoms with Crippen LogP contribution in [0.4, 0.5) is 0 Å². The van der Waals surface area contributed by atoms with Crippen molar-refractivity contribution in [1.29, 1.82) is 0 Å². The van der Waals surface area contributed by atoms with E-state index >= 15 is 0 Å². The van der Waals surface area contributed by atoms with Gasteiger partial charge in [0.15, 0.2) is 5.72 Å². The van der Waals surface area contributed by atoms with Crippen LogP contribution in [0.2, 0.25) is 0 Å². The van der Waals surface area contributed by atoms with E-state index in [1.54, 1.807) is 0 Å². The third-order valence-electron chi connectivity index (χ3n) is 3.58. The van der Waals surface area contributed by atoms with Crippen molar-refractivity contribution < 1.29 is 9.53 Å².